The predicted molar refractivity (Wildman–Crippen MR) is 85.3 cm³/mol. The van der Waals surface area contributed by atoms with Crippen molar-refractivity contribution < 1.29 is 19.4 Å². The number of hydrogen-bond donors (Lipinski definition) is 2. The van der Waals surface area contributed by atoms with Crippen LogP contribution in [0.5, 0.6) is 11.5 Å². The van der Waals surface area contributed by atoms with E-state index in [1.165, 1.54) is 6.07 Å². The molecule has 2 aromatic carbocycles. The van der Waals surface area contributed by atoms with Crippen LogP contribution in [0.15, 0.2) is 36.4 Å². The first-order valence-corrected chi connectivity index (χ1v) is 6.90. The summed E-state index contributed by atoms with van der Waals surface area (Å²) in [5.41, 5.74) is 1.82. The number of nitrogens with one attached hydrogen (secondary N) is 1. The van der Waals surface area contributed by atoms with Crippen LogP contribution in [-0.2, 0) is 6.54 Å². The molecule has 2 rings (SSSR count). The van der Waals surface area contributed by atoms with Gasteiger partial charge in [0.1, 0.15) is 0 Å². The van der Waals surface area contributed by atoms with Crippen molar-refractivity contribution in [2.75, 3.05) is 19.5 Å². The lowest BCUT2D eigenvalue weighted by Crippen LogP contribution is -2.02. The Labute approximate surface area is 133 Å². The van der Waals surface area contributed by atoms with Gasteiger partial charge in [-0.25, -0.2) is 4.79 Å². The summed E-state index contributed by atoms with van der Waals surface area (Å²) in [4.78, 5) is 10.9. The lowest BCUT2D eigenvalue weighted by Gasteiger charge is -2.11. The number of carboxylic acids is 1. The summed E-state index contributed by atoms with van der Waals surface area (Å²) in [7, 11) is 3.17. The Kier molecular flexibility index (Phi) is 5.12. The normalized spacial score (nSPS) is 10.1. The summed E-state index contributed by atoms with van der Waals surface area (Å²) in [6.45, 7) is 0.545. The van der Waals surface area contributed by atoms with E-state index in [0.717, 1.165) is 11.3 Å². The number of benzene rings is 2. The second kappa shape index (κ2) is 7.04. The summed E-state index contributed by atoms with van der Waals surface area (Å²) in [5, 5.41) is 12.3. The molecule has 22 heavy (non-hydrogen) atoms. The molecule has 0 saturated heterocycles. The highest BCUT2D eigenvalue weighted by Crippen LogP contribution is 2.28. The van der Waals surface area contributed by atoms with Crippen molar-refractivity contribution in [3.8, 4) is 11.5 Å². The van der Waals surface area contributed by atoms with Gasteiger partial charge in [-0.3, -0.25) is 0 Å². The predicted octanol–water partition coefficient (Wildman–Crippen LogP) is 3.67. The molecule has 0 aliphatic rings. The summed E-state index contributed by atoms with van der Waals surface area (Å²) >= 11 is 5.94. The Hall–Kier alpha value is -2.40. The van der Waals surface area contributed by atoms with Gasteiger partial charge in [-0.05, 0) is 35.9 Å². The average Bonchev–Trinajstić information content (AvgIpc) is 2.52. The maximum Gasteiger partial charge on any atom is 0.337 e. The van der Waals surface area contributed by atoms with Crippen molar-refractivity contribution in [3.63, 3.8) is 0 Å². The minimum absolute atomic E-state index is 0.0818. The summed E-state index contributed by atoms with van der Waals surface area (Å²) in [6.07, 6.45) is 0. The van der Waals surface area contributed by atoms with Crippen molar-refractivity contribution in [1.29, 1.82) is 0 Å². The second-order valence-corrected chi connectivity index (χ2v) is 4.95. The van der Waals surface area contributed by atoms with E-state index in [4.69, 9.17) is 26.2 Å². The molecule has 6 heteroatoms. The fourth-order valence-corrected chi connectivity index (χ4v) is 2.25. The highest BCUT2D eigenvalue weighted by Gasteiger charge is 2.09. The third-order valence-electron chi connectivity index (χ3n) is 3.14. The average molecular weight is 322 g/mol. The highest BCUT2D eigenvalue weighted by molar-refractivity contribution is 6.33. The van der Waals surface area contributed by atoms with E-state index >= 15 is 0 Å². The molecule has 0 amide bonds. The van der Waals surface area contributed by atoms with Crippen LogP contribution in [0.2, 0.25) is 5.02 Å². The van der Waals surface area contributed by atoms with E-state index in [0.29, 0.717) is 18.0 Å². The van der Waals surface area contributed by atoms with E-state index < -0.39 is 5.97 Å². The van der Waals surface area contributed by atoms with Crippen LogP contribution in [0.3, 0.4) is 0 Å². The molecule has 116 valence electrons. The first-order chi connectivity index (χ1) is 10.5. The molecule has 2 N–H and O–H groups in total. The van der Waals surface area contributed by atoms with Crippen molar-refractivity contribution >= 4 is 23.3 Å². The third-order valence-corrected chi connectivity index (χ3v) is 3.46. The van der Waals surface area contributed by atoms with Crippen molar-refractivity contribution in [3.05, 3.63) is 52.5 Å². The highest BCUT2D eigenvalue weighted by atomic mass is 35.5. The van der Waals surface area contributed by atoms with Crippen molar-refractivity contribution in [2.45, 2.75) is 6.54 Å². The molecule has 5 nitrogen and oxygen atoms in total. The van der Waals surface area contributed by atoms with Gasteiger partial charge >= 0.3 is 5.97 Å². The molecule has 0 radical (unpaired) electrons. The van der Waals surface area contributed by atoms with Gasteiger partial charge in [-0.1, -0.05) is 17.7 Å². The number of rotatable bonds is 6. The molecular formula is C16H16ClNO4. The molecule has 0 spiro atoms. The SMILES string of the molecule is COc1ccc(CNc2ccc(C(=O)O)c(Cl)c2)cc1OC. The fourth-order valence-electron chi connectivity index (χ4n) is 1.99. The standard InChI is InChI=1S/C16H16ClNO4/c1-21-14-6-3-10(7-15(14)22-2)9-18-11-4-5-12(16(19)20)13(17)8-11/h3-8,18H,9H2,1-2H3,(H,19,20). The van der Waals surface area contributed by atoms with Crippen LogP contribution in [0, 0.1) is 0 Å². The molecule has 0 heterocycles. The number of carbonyl (C=O) groups is 1. The molecule has 0 unspecified atom stereocenters. The summed E-state index contributed by atoms with van der Waals surface area (Å²) in [6, 6.07) is 10.4. The molecular weight excluding hydrogens is 306 g/mol. The maximum absolute atomic E-state index is 10.9. The van der Waals surface area contributed by atoms with Gasteiger partial charge < -0.3 is 19.9 Å². The first kappa shape index (κ1) is 16.0. The number of aromatic carboxylic acids is 1. The van der Waals surface area contributed by atoms with Crippen LogP contribution in [0.25, 0.3) is 0 Å². The van der Waals surface area contributed by atoms with Gasteiger partial charge in [0.05, 0.1) is 24.8 Å². The largest absolute Gasteiger partial charge is 0.493 e. The van der Waals surface area contributed by atoms with Gasteiger partial charge in [0.2, 0.25) is 0 Å². The first-order valence-electron chi connectivity index (χ1n) is 6.52. The number of halogens is 1. The maximum atomic E-state index is 10.9. The Bertz CT molecular complexity index is 688. The van der Waals surface area contributed by atoms with E-state index in [9.17, 15) is 4.79 Å². The van der Waals surface area contributed by atoms with Gasteiger partial charge in [-0.2, -0.15) is 0 Å². The minimum atomic E-state index is -1.04. The van der Waals surface area contributed by atoms with E-state index in [-0.39, 0.29) is 10.6 Å². The fraction of sp³-hybridized carbons (Fsp3) is 0.188. The van der Waals surface area contributed by atoms with E-state index in [1.54, 1.807) is 26.4 Å². The number of hydrogen-bond acceptors (Lipinski definition) is 4. The number of anilines is 1. The molecule has 0 atom stereocenters. The number of carboxylic acid groups (broad SMARTS) is 1. The van der Waals surface area contributed by atoms with Gasteiger partial charge in [0, 0.05) is 12.2 Å². The lowest BCUT2D eigenvalue weighted by molar-refractivity contribution is 0.0697. The zero-order valence-corrected chi connectivity index (χ0v) is 13.0. The second-order valence-electron chi connectivity index (χ2n) is 4.54. The van der Waals surface area contributed by atoms with E-state index in [1.807, 2.05) is 18.2 Å². The Morgan fingerprint density at radius 2 is 1.86 bits per heavy atom. The Morgan fingerprint density at radius 1 is 1.14 bits per heavy atom. The zero-order valence-electron chi connectivity index (χ0n) is 12.2. The molecule has 0 bridgehead atoms. The van der Waals surface area contributed by atoms with Crippen LogP contribution in [-0.4, -0.2) is 25.3 Å². The summed E-state index contributed by atoms with van der Waals surface area (Å²) < 4.78 is 10.4. The summed E-state index contributed by atoms with van der Waals surface area (Å²) in [5.74, 6) is 0.276. The van der Waals surface area contributed by atoms with Crippen molar-refractivity contribution in [1.82, 2.24) is 0 Å². The molecule has 2 aromatic rings. The third kappa shape index (κ3) is 3.62. The molecule has 0 aliphatic carbocycles. The Morgan fingerprint density at radius 3 is 2.45 bits per heavy atom. The van der Waals surface area contributed by atoms with Crippen LogP contribution in [0.1, 0.15) is 15.9 Å². The van der Waals surface area contributed by atoms with E-state index in [2.05, 4.69) is 5.32 Å². The quantitative estimate of drug-likeness (QED) is 0.849. The lowest BCUT2D eigenvalue weighted by atomic mass is 10.1. The van der Waals surface area contributed by atoms with Gasteiger partial charge in [-0.15, -0.1) is 0 Å². The van der Waals surface area contributed by atoms with Gasteiger partial charge in [0.25, 0.3) is 0 Å². The zero-order chi connectivity index (χ0) is 16.1. The molecule has 0 aromatic heterocycles. The number of methoxy groups -OCH3 is 2. The van der Waals surface area contributed by atoms with Crippen LogP contribution in [0.4, 0.5) is 5.69 Å². The molecule has 0 saturated carbocycles. The molecule has 0 fully saturated rings. The number of ether oxygens (including phenoxy) is 2. The smallest absolute Gasteiger partial charge is 0.337 e. The van der Waals surface area contributed by atoms with Gasteiger partial charge in [0.15, 0.2) is 11.5 Å². The molecule has 0 aliphatic heterocycles. The monoisotopic (exact) mass is 321 g/mol. The Balaban J connectivity index is 2.10. The minimum Gasteiger partial charge on any atom is -0.493 e. The topological polar surface area (TPSA) is 67.8 Å². The van der Waals surface area contributed by atoms with Crippen LogP contribution < -0.4 is 14.8 Å². The van der Waals surface area contributed by atoms with Crippen molar-refractivity contribution in [2.24, 2.45) is 0 Å². The van der Waals surface area contributed by atoms with Crippen LogP contribution >= 0.6 is 11.6 Å².